The summed E-state index contributed by atoms with van der Waals surface area (Å²) >= 11 is 0. The summed E-state index contributed by atoms with van der Waals surface area (Å²) in [6.45, 7) is 0.611. The fourth-order valence-corrected chi connectivity index (χ4v) is 5.37. The zero-order valence-corrected chi connectivity index (χ0v) is 15.8. The lowest BCUT2D eigenvalue weighted by Crippen LogP contribution is -2.48. The molecule has 1 aromatic rings. The van der Waals surface area contributed by atoms with Crippen LogP contribution in [-0.2, 0) is 16.0 Å². The van der Waals surface area contributed by atoms with E-state index in [0.29, 0.717) is 18.2 Å². The lowest BCUT2D eigenvalue weighted by Gasteiger charge is -2.24. The number of methoxy groups -OCH3 is 1. The summed E-state index contributed by atoms with van der Waals surface area (Å²) in [5.41, 5.74) is 1.79. The van der Waals surface area contributed by atoms with E-state index in [2.05, 4.69) is 16.8 Å². The Balaban J connectivity index is 1.53. The lowest BCUT2D eigenvalue weighted by molar-refractivity contribution is -0.141. The molecule has 0 aromatic heterocycles. The van der Waals surface area contributed by atoms with E-state index in [4.69, 9.17) is 4.74 Å². The largest absolute Gasteiger partial charge is 0.467 e. The van der Waals surface area contributed by atoms with E-state index < -0.39 is 6.04 Å². The van der Waals surface area contributed by atoms with E-state index in [1.54, 1.807) is 10.8 Å². The molecule has 2 aliphatic heterocycles. The van der Waals surface area contributed by atoms with E-state index in [1.807, 2.05) is 35.1 Å². The normalized spacial score (nSPS) is 21.2. The van der Waals surface area contributed by atoms with Crippen molar-refractivity contribution in [2.75, 3.05) is 18.6 Å². The third-order valence-corrected chi connectivity index (χ3v) is 6.82. The predicted octanol–water partition coefficient (Wildman–Crippen LogP) is 3.75. The van der Waals surface area contributed by atoms with Gasteiger partial charge in [-0.2, -0.15) is 0 Å². The van der Waals surface area contributed by atoms with E-state index >= 15 is 0 Å². The van der Waals surface area contributed by atoms with Crippen molar-refractivity contribution in [1.29, 1.82) is 0 Å². The first-order valence-electron chi connectivity index (χ1n) is 8.42. The second kappa shape index (κ2) is 8.67. The number of nitrogens with one attached hydrogen (secondary N) is 1. The van der Waals surface area contributed by atoms with Crippen LogP contribution in [-0.4, -0.2) is 36.9 Å². The number of rotatable bonds is 6. The van der Waals surface area contributed by atoms with Gasteiger partial charge in [-0.05, 0) is 29.9 Å². The molecule has 1 N–H and O–H groups in total. The number of unbranched alkanes of at least 4 members (excludes halogenated alkanes) is 1. The number of ether oxygens (including phenoxy) is 1. The Morgan fingerprint density at radius 2 is 2.16 bits per heavy atom. The molecule has 0 saturated heterocycles. The number of urea groups is 1. The standard InChI is InChI=1S/C18H22N2O3S2/c1-23-17(21)16-12-13-6-2-3-8-15(13)20(16)18(22)19-10-5-4-7-14-9-11-24-25-14/h2-3,6,8-9,11,14,16H,4-5,7,10,12H2,1H3,(H,19,22). The Bertz CT molecular complexity index is 665. The average molecular weight is 379 g/mol. The maximum Gasteiger partial charge on any atom is 0.329 e. The molecule has 5 nitrogen and oxygen atoms in total. The number of fused-ring (bicyclic) bond motifs is 1. The Hall–Kier alpha value is -1.60. The molecule has 0 saturated carbocycles. The summed E-state index contributed by atoms with van der Waals surface area (Å²) in [4.78, 5) is 26.2. The molecule has 0 bridgehead atoms. The van der Waals surface area contributed by atoms with Gasteiger partial charge in [0.05, 0.1) is 7.11 Å². The highest BCUT2D eigenvalue weighted by Crippen LogP contribution is 2.37. The third kappa shape index (κ3) is 4.33. The van der Waals surface area contributed by atoms with Crippen LogP contribution in [0.4, 0.5) is 10.5 Å². The Morgan fingerprint density at radius 3 is 2.92 bits per heavy atom. The number of hydrogen-bond acceptors (Lipinski definition) is 5. The van der Waals surface area contributed by atoms with Crippen molar-refractivity contribution < 1.29 is 14.3 Å². The minimum absolute atomic E-state index is 0.231. The van der Waals surface area contributed by atoms with Gasteiger partial charge in [0.25, 0.3) is 0 Å². The van der Waals surface area contributed by atoms with Crippen molar-refractivity contribution in [3.63, 3.8) is 0 Å². The average Bonchev–Trinajstić information content (AvgIpc) is 3.27. The van der Waals surface area contributed by atoms with Crippen LogP contribution in [0.2, 0.25) is 0 Å². The summed E-state index contributed by atoms with van der Waals surface area (Å²) in [5.74, 6) is -0.381. The minimum Gasteiger partial charge on any atom is -0.467 e. The smallest absolute Gasteiger partial charge is 0.329 e. The van der Waals surface area contributed by atoms with E-state index in [9.17, 15) is 9.59 Å². The molecule has 2 amide bonds. The maximum absolute atomic E-state index is 12.6. The van der Waals surface area contributed by atoms with Crippen LogP contribution < -0.4 is 10.2 Å². The lowest BCUT2D eigenvalue weighted by atomic mass is 10.1. The minimum atomic E-state index is -0.584. The summed E-state index contributed by atoms with van der Waals surface area (Å²) in [6, 6.07) is 6.81. The Labute approximate surface area is 156 Å². The van der Waals surface area contributed by atoms with Gasteiger partial charge in [0.1, 0.15) is 6.04 Å². The van der Waals surface area contributed by atoms with Gasteiger partial charge in [-0.15, -0.1) is 0 Å². The number of amides is 2. The number of carbonyl (C=O) groups excluding carboxylic acids is 2. The van der Waals surface area contributed by atoms with Crippen molar-refractivity contribution >= 4 is 39.3 Å². The predicted molar refractivity (Wildman–Crippen MR) is 104 cm³/mol. The molecule has 2 heterocycles. The van der Waals surface area contributed by atoms with Gasteiger partial charge in [-0.3, -0.25) is 4.90 Å². The van der Waals surface area contributed by atoms with Crippen LogP contribution in [0.25, 0.3) is 0 Å². The van der Waals surface area contributed by atoms with Crippen molar-refractivity contribution in [3.05, 3.63) is 41.3 Å². The second-order valence-electron chi connectivity index (χ2n) is 6.03. The van der Waals surface area contributed by atoms with E-state index in [-0.39, 0.29) is 12.0 Å². The van der Waals surface area contributed by atoms with Crippen molar-refractivity contribution in [1.82, 2.24) is 5.32 Å². The highest BCUT2D eigenvalue weighted by atomic mass is 33.1. The molecule has 2 aliphatic rings. The highest BCUT2D eigenvalue weighted by molar-refractivity contribution is 8.78. The molecular weight excluding hydrogens is 356 g/mol. The molecule has 25 heavy (non-hydrogen) atoms. The van der Waals surface area contributed by atoms with Crippen LogP contribution in [0.3, 0.4) is 0 Å². The number of hydrogen-bond donors (Lipinski definition) is 1. The van der Waals surface area contributed by atoms with Crippen LogP contribution in [0.1, 0.15) is 24.8 Å². The number of para-hydroxylation sites is 1. The van der Waals surface area contributed by atoms with Crippen molar-refractivity contribution in [3.8, 4) is 0 Å². The maximum atomic E-state index is 12.6. The first kappa shape index (κ1) is 18.2. The van der Waals surface area contributed by atoms with Gasteiger partial charge >= 0.3 is 12.0 Å². The van der Waals surface area contributed by atoms with Crippen LogP contribution in [0.5, 0.6) is 0 Å². The molecule has 2 atom stereocenters. The van der Waals surface area contributed by atoms with Gasteiger partial charge in [-0.25, -0.2) is 9.59 Å². The monoisotopic (exact) mass is 378 g/mol. The summed E-state index contributed by atoms with van der Waals surface area (Å²) in [6.07, 6.45) is 5.86. The number of nitrogens with zero attached hydrogens (tertiary/aromatic N) is 1. The molecule has 0 radical (unpaired) electrons. The van der Waals surface area contributed by atoms with Gasteiger partial charge in [-0.1, -0.05) is 52.3 Å². The topological polar surface area (TPSA) is 58.6 Å². The third-order valence-electron chi connectivity index (χ3n) is 4.39. The Kier molecular flexibility index (Phi) is 6.31. The molecule has 3 rings (SSSR count). The van der Waals surface area contributed by atoms with Crippen LogP contribution >= 0.6 is 21.6 Å². The summed E-state index contributed by atoms with van der Waals surface area (Å²) < 4.78 is 4.87. The second-order valence-corrected chi connectivity index (χ2v) is 8.45. The zero-order chi connectivity index (χ0) is 17.6. The number of esters is 1. The van der Waals surface area contributed by atoms with Gasteiger partial charge in [0.2, 0.25) is 0 Å². The molecule has 0 spiro atoms. The van der Waals surface area contributed by atoms with Gasteiger partial charge < -0.3 is 10.1 Å². The molecule has 1 aromatic carbocycles. The summed E-state index contributed by atoms with van der Waals surface area (Å²) in [5, 5.41) is 5.68. The fraction of sp³-hybridized carbons (Fsp3) is 0.444. The van der Waals surface area contributed by atoms with Crippen LogP contribution in [0, 0.1) is 0 Å². The quantitative estimate of drug-likeness (QED) is 0.464. The fourth-order valence-electron chi connectivity index (χ4n) is 3.11. The Morgan fingerprint density at radius 1 is 1.32 bits per heavy atom. The van der Waals surface area contributed by atoms with E-state index in [0.717, 1.165) is 30.5 Å². The molecule has 0 aliphatic carbocycles. The molecule has 7 heteroatoms. The molecule has 0 fully saturated rings. The van der Waals surface area contributed by atoms with Gasteiger partial charge in [0.15, 0.2) is 0 Å². The van der Waals surface area contributed by atoms with Crippen molar-refractivity contribution in [2.45, 2.75) is 37.0 Å². The number of carbonyl (C=O) groups is 2. The SMILES string of the molecule is COC(=O)C1Cc2ccccc2N1C(=O)NCCCCC1C=CSS1. The van der Waals surface area contributed by atoms with E-state index in [1.165, 1.54) is 12.0 Å². The number of benzene rings is 1. The first-order chi connectivity index (χ1) is 12.2. The molecule has 2 unspecified atom stereocenters. The van der Waals surface area contributed by atoms with Crippen LogP contribution in [0.15, 0.2) is 35.7 Å². The van der Waals surface area contributed by atoms with Crippen molar-refractivity contribution in [2.24, 2.45) is 0 Å². The first-order valence-corrected chi connectivity index (χ1v) is 10.7. The summed E-state index contributed by atoms with van der Waals surface area (Å²) in [7, 11) is 5.02. The number of anilines is 1. The zero-order valence-electron chi connectivity index (χ0n) is 14.1. The molecule has 134 valence electrons. The van der Waals surface area contributed by atoms with Gasteiger partial charge in [0, 0.05) is 23.9 Å². The molecular formula is C18H22N2O3S2. The highest BCUT2D eigenvalue weighted by Gasteiger charge is 2.38.